The molecular weight excluding hydrogens is 383 g/mol. The zero-order chi connectivity index (χ0) is 18.8. The van der Waals surface area contributed by atoms with Gasteiger partial charge < -0.3 is 14.2 Å². The first kappa shape index (κ1) is 18.3. The Morgan fingerprint density at radius 2 is 1.70 bits per heavy atom. The molecule has 0 saturated carbocycles. The Kier molecular flexibility index (Phi) is 5.34. The molecule has 2 aromatic carbocycles. The fraction of sp³-hybridized carbons (Fsp3) is 0.300. The van der Waals surface area contributed by atoms with Crippen LogP contribution in [0.2, 0.25) is 10.0 Å². The van der Waals surface area contributed by atoms with Crippen LogP contribution in [0.5, 0.6) is 0 Å². The lowest BCUT2D eigenvalue weighted by atomic mass is 10.2. The van der Waals surface area contributed by atoms with Gasteiger partial charge in [-0.05, 0) is 43.3 Å². The summed E-state index contributed by atoms with van der Waals surface area (Å²) in [5.41, 5.74) is 2.02. The number of rotatable bonds is 4. The highest BCUT2D eigenvalue weighted by Gasteiger charge is 2.29. The normalized spacial score (nSPS) is 16.5. The first-order valence-electron chi connectivity index (χ1n) is 9.04. The Bertz CT molecular complexity index is 922. The molecule has 1 atom stereocenters. The van der Waals surface area contributed by atoms with E-state index in [-0.39, 0.29) is 6.04 Å². The standard InChI is InChI=1S/C20H20Cl2N4O/c1-14(19-23-24-20(27-19)15-4-2-5-16(21)12-15)25-8-10-26(11-9-25)18-7-3-6-17(22)13-18/h2-7,12-14H,8-11H2,1H3/p+1/t14-/m0/s1. The lowest BCUT2D eigenvalue weighted by Gasteiger charge is -2.35. The first-order valence-corrected chi connectivity index (χ1v) is 9.80. The Morgan fingerprint density at radius 1 is 1.00 bits per heavy atom. The molecule has 1 fully saturated rings. The number of halogens is 2. The number of anilines is 1. The second-order valence-corrected chi connectivity index (χ2v) is 7.68. The van der Waals surface area contributed by atoms with Crippen molar-refractivity contribution in [3.8, 4) is 11.5 Å². The zero-order valence-electron chi connectivity index (χ0n) is 15.0. The molecular formula is C20H21Cl2N4O+. The maximum absolute atomic E-state index is 6.12. The Balaban J connectivity index is 1.42. The van der Waals surface area contributed by atoms with Crippen molar-refractivity contribution in [3.63, 3.8) is 0 Å². The van der Waals surface area contributed by atoms with Crippen molar-refractivity contribution in [3.05, 3.63) is 64.5 Å². The van der Waals surface area contributed by atoms with E-state index in [9.17, 15) is 0 Å². The number of benzene rings is 2. The fourth-order valence-electron chi connectivity index (χ4n) is 3.48. The van der Waals surface area contributed by atoms with Crippen LogP contribution in [0.1, 0.15) is 18.9 Å². The number of nitrogens with one attached hydrogen (secondary N) is 1. The van der Waals surface area contributed by atoms with Crippen molar-refractivity contribution in [1.29, 1.82) is 0 Å². The van der Waals surface area contributed by atoms with Gasteiger partial charge in [0.15, 0.2) is 6.04 Å². The highest BCUT2D eigenvalue weighted by Crippen LogP contribution is 2.23. The van der Waals surface area contributed by atoms with Crippen molar-refractivity contribution in [2.45, 2.75) is 13.0 Å². The lowest BCUT2D eigenvalue weighted by molar-refractivity contribution is -0.931. The smallest absolute Gasteiger partial charge is 0.274 e. The van der Waals surface area contributed by atoms with E-state index in [2.05, 4.69) is 28.1 Å². The van der Waals surface area contributed by atoms with E-state index in [0.717, 1.165) is 36.8 Å². The van der Waals surface area contributed by atoms with E-state index in [1.54, 1.807) is 0 Å². The van der Waals surface area contributed by atoms with Crippen LogP contribution in [-0.4, -0.2) is 36.4 Å². The molecule has 140 valence electrons. The summed E-state index contributed by atoms with van der Waals surface area (Å²) in [5.74, 6) is 1.17. The van der Waals surface area contributed by atoms with Crippen molar-refractivity contribution < 1.29 is 9.32 Å². The summed E-state index contributed by atoms with van der Waals surface area (Å²) >= 11 is 12.2. The molecule has 5 nitrogen and oxygen atoms in total. The lowest BCUT2D eigenvalue weighted by Crippen LogP contribution is -3.14. The van der Waals surface area contributed by atoms with Gasteiger partial charge in [0.25, 0.3) is 5.89 Å². The minimum absolute atomic E-state index is 0.145. The fourth-order valence-corrected chi connectivity index (χ4v) is 3.86. The summed E-state index contributed by atoms with van der Waals surface area (Å²) < 4.78 is 5.93. The monoisotopic (exact) mass is 403 g/mol. The molecule has 3 aromatic rings. The molecule has 7 heteroatoms. The third-order valence-electron chi connectivity index (χ3n) is 5.07. The highest BCUT2D eigenvalue weighted by atomic mass is 35.5. The van der Waals surface area contributed by atoms with Gasteiger partial charge in [0.1, 0.15) is 0 Å². The number of hydrogen-bond donors (Lipinski definition) is 1. The van der Waals surface area contributed by atoms with Gasteiger partial charge in [0.2, 0.25) is 5.89 Å². The second-order valence-electron chi connectivity index (χ2n) is 6.80. The predicted octanol–water partition coefficient (Wildman–Crippen LogP) is 3.51. The third-order valence-corrected chi connectivity index (χ3v) is 5.54. The van der Waals surface area contributed by atoms with Crippen LogP contribution < -0.4 is 9.80 Å². The minimum atomic E-state index is 0.145. The summed E-state index contributed by atoms with van der Waals surface area (Å²) in [4.78, 5) is 3.81. The van der Waals surface area contributed by atoms with Crippen LogP contribution in [0, 0.1) is 0 Å². The maximum Gasteiger partial charge on any atom is 0.274 e. The Hall–Kier alpha value is -2.08. The van der Waals surface area contributed by atoms with Crippen molar-refractivity contribution in [2.75, 3.05) is 31.1 Å². The van der Waals surface area contributed by atoms with E-state index in [4.69, 9.17) is 27.6 Å². The molecule has 0 bridgehead atoms. The van der Waals surface area contributed by atoms with E-state index in [1.807, 2.05) is 42.5 Å². The number of aromatic nitrogens is 2. The van der Waals surface area contributed by atoms with Crippen LogP contribution >= 0.6 is 23.2 Å². The molecule has 1 aliphatic rings. The van der Waals surface area contributed by atoms with Crippen LogP contribution in [0.3, 0.4) is 0 Å². The van der Waals surface area contributed by atoms with Gasteiger partial charge in [-0.3, -0.25) is 0 Å². The molecule has 1 aliphatic heterocycles. The van der Waals surface area contributed by atoms with Gasteiger partial charge in [-0.2, -0.15) is 0 Å². The summed E-state index contributed by atoms with van der Waals surface area (Å²) in [6, 6.07) is 15.6. The van der Waals surface area contributed by atoms with E-state index in [1.165, 1.54) is 10.6 Å². The molecule has 2 heterocycles. The molecule has 4 rings (SSSR count). The van der Waals surface area contributed by atoms with Gasteiger partial charge >= 0.3 is 0 Å². The molecule has 1 aromatic heterocycles. The van der Waals surface area contributed by atoms with Crippen molar-refractivity contribution in [2.24, 2.45) is 0 Å². The van der Waals surface area contributed by atoms with E-state index in [0.29, 0.717) is 16.8 Å². The van der Waals surface area contributed by atoms with Crippen molar-refractivity contribution >= 4 is 28.9 Å². The van der Waals surface area contributed by atoms with Gasteiger partial charge in [-0.25, -0.2) is 0 Å². The number of piperazine rings is 1. The van der Waals surface area contributed by atoms with Gasteiger partial charge in [0, 0.05) is 21.3 Å². The molecule has 0 radical (unpaired) electrons. The van der Waals surface area contributed by atoms with Crippen LogP contribution in [0.15, 0.2) is 52.9 Å². The quantitative estimate of drug-likeness (QED) is 0.723. The first-order chi connectivity index (χ1) is 13.1. The van der Waals surface area contributed by atoms with Gasteiger partial charge in [-0.1, -0.05) is 35.3 Å². The Labute approximate surface area is 168 Å². The number of quaternary nitrogens is 1. The van der Waals surface area contributed by atoms with Crippen LogP contribution in [0.25, 0.3) is 11.5 Å². The average Bonchev–Trinajstić information content (AvgIpc) is 3.18. The molecule has 1 N–H and O–H groups in total. The van der Waals surface area contributed by atoms with Crippen LogP contribution in [0.4, 0.5) is 5.69 Å². The zero-order valence-corrected chi connectivity index (χ0v) is 16.5. The number of nitrogens with zero attached hydrogens (tertiary/aromatic N) is 3. The van der Waals surface area contributed by atoms with Crippen LogP contribution in [-0.2, 0) is 0 Å². The topological polar surface area (TPSA) is 46.6 Å². The van der Waals surface area contributed by atoms with Gasteiger partial charge in [-0.15, -0.1) is 10.2 Å². The molecule has 0 amide bonds. The SMILES string of the molecule is C[C@@H](c1nnc(-c2cccc(Cl)c2)o1)[NH+]1CCN(c2cccc(Cl)c2)CC1. The molecule has 27 heavy (non-hydrogen) atoms. The van der Waals surface area contributed by atoms with Crippen molar-refractivity contribution in [1.82, 2.24) is 10.2 Å². The van der Waals surface area contributed by atoms with Gasteiger partial charge in [0.05, 0.1) is 26.2 Å². The summed E-state index contributed by atoms with van der Waals surface area (Å²) in [5, 5.41) is 9.91. The Morgan fingerprint density at radius 3 is 2.41 bits per heavy atom. The molecule has 1 saturated heterocycles. The maximum atomic E-state index is 6.12. The summed E-state index contributed by atoms with van der Waals surface area (Å²) in [6.07, 6.45) is 0. The summed E-state index contributed by atoms with van der Waals surface area (Å²) in [6.45, 7) is 6.08. The van der Waals surface area contributed by atoms with E-state index >= 15 is 0 Å². The minimum Gasteiger partial charge on any atom is -0.415 e. The third kappa shape index (κ3) is 4.10. The average molecular weight is 404 g/mol. The second kappa shape index (κ2) is 7.89. The number of hydrogen-bond acceptors (Lipinski definition) is 4. The predicted molar refractivity (Wildman–Crippen MR) is 108 cm³/mol. The molecule has 0 spiro atoms. The largest absolute Gasteiger partial charge is 0.415 e. The molecule has 0 aliphatic carbocycles. The van der Waals surface area contributed by atoms with E-state index < -0.39 is 0 Å². The highest BCUT2D eigenvalue weighted by molar-refractivity contribution is 6.31. The molecule has 0 unspecified atom stereocenters. The summed E-state index contributed by atoms with van der Waals surface area (Å²) in [7, 11) is 0.